The summed E-state index contributed by atoms with van der Waals surface area (Å²) in [5.41, 5.74) is -0.480. The fourth-order valence-electron chi connectivity index (χ4n) is 2.14. The number of aromatic nitrogens is 4. The maximum atomic E-state index is 12.1. The molecule has 2 rings (SSSR count). The number of fused-ring (bicyclic) bond motifs is 1. The van der Waals surface area contributed by atoms with E-state index in [1.807, 2.05) is 13.8 Å². The van der Waals surface area contributed by atoms with Gasteiger partial charge in [0.2, 0.25) is 0 Å². The number of hydrogen-bond acceptors (Lipinski definition) is 9. The molecule has 2 heterocycles. The van der Waals surface area contributed by atoms with Gasteiger partial charge in [-0.15, -0.1) is 0 Å². The van der Waals surface area contributed by atoms with Gasteiger partial charge in [0.25, 0.3) is 5.56 Å². The molecule has 0 aromatic carbocycles. The number of carbonyl (C=O) groups is 1. The monoisotopic (exact) mass is 415 g/mol. The maximum absolute atomic E-state index is 12.1. The second-order valence-corrected chi connectivity index (χ2v) is 7.36. The van der Waals surface area contributed by atoms with Crippen molar-refractivity contribution < 1.29 is 20.8 Å². The van der Waals surface area contributed by atoms with Gasteiger partial charge in [-0.2, -0.15) is 0 Å². The van der Waals surface area contributed by atoms with Crippen LogP contribution in [0.25, 0.3) is 11.2 Å². The lowest BCUT2D eigenvalue weighted by Gasteiger charge is -2.18. The van der Waals surface area contributed by atoms with E-state index in [0.29, 0.717) is 8.37 Å². The number of nitrogens with one attached hydrogen (secondary N) is 3. The Hall–Kier alpha value is -2.06. The van der Waals surface area contributed by atoms with E-state index in [1.165, 1.54) is 10.9 Å². The topological polar surface area (TPSA) is 167 Å². The van der Waals surface area contributed by atoms with Crippen LogP contribution in [0.1, 0.15) is 13.8 Å². The molecule has 27 heavy (non-hydrogen) atoms. The number of rotatable bonds is 10. The largest absolute Gasteiger partial charge is 0.462 e. The zero-order valence-electron chi connectivity index (χ0n) is 15.7. The van der Waals surface area contributed by atoms with Crippen LogP contribution in [0.3, 0.4) is 0 Å². The Bertz CT molecular complexity index is 917. The molecule has 2 aromatic heterocycles. The summed E-state index contributed by atoms with van der Waals surface area (Å²) in [7, 11) is 0.355. The second-order valence-electron chi connectivity index (χ2n) is 5.92. The van der Waals surface area contributed by atoms with Gasteiger partial charge >= 0.3 is 5.97 Å². The van der Waals surface area contributed by atoms with Crippen molar-refractivity contribution in [3.8, 4) is 0 Å². The molecule has 0 saturated carbocycles. The van der Waals surface area contributed by atoms with Crippen LogP contribution >= 0.6 is 16.7 Å². The molecule has 0 amide bonds. The maximum Gasteiger partial charge on any atom is 0.319 e. The van der Waals surface area contributed by atoms with E-state index in [9.17, 15) is 14.7 Å². The average molecular weight is 415 g/mol. The Morgan fingerprint density at radius 2 is 2.33 bits per heavy atom. The van der Waals surface area contributed by atoms with E-state index in [4.69, 9.17) is 16.0 Å². The lowest BCUT2D eigenvalue weighted by atomic mass is 10.1. The van der Waals surface area contributed by atoms with Gasteiger partial charge in [0.15, 0.2) is 18.1 Å². The van der Waals surface area contributed by atoms with Crippen LogP contribution < -0.4 is 11.1 Å². The zero-order valence-corrected chi connectivity index (χ0v) is 16.5. The van der Waals surface area contributed by atoms with E-state index < -0.39 is 29.9 Å². The molecule has 0 aliphatic heterocycles. The Labute approximate surface area is 159 Å². The number of esters is 1. The molecule has 2 atom stereocenters. The summed E-state index contributed by atoms with van der Waals surface area (Å²) >= 11 is 0. The van der Waals surface area contributed by atoms with Crippen molar-refractivity contribution in [2.75, 3.05) is 13.2 Å². The SMILES string of the molecule is [2H]N=P[C@H](C(=O)OCC(CO)OCn1cnc2c(=O)[nH]c(P=N)nc21)C(C)C. The Kier molecular flexibility index (Phi) is 7.11. The molecule has 146 valence electrons. The molecule has 0 fully saturated rings. The van der Waals surface area contributed by atoms with Gasteiger partial charge in [-0.1, -0.05) is 13.8 Å². The Morgan fingerprint density at radius 3 is 2.96 bits per heavy atom. The first-order valence-electron chi connectivity index (χ1n) is 8.41. The summed E-state index contributed by atoms with van der Waals surface area (Å²) < 4.78 is 19.1. The number of nitrogens with zero attached hydrogens (tertiary/aromatic N) is 3. The van der Waals surface area contributed by atoms with Crippen LogP contribution in [-0.4, -0.2) is 55.6 Å². The summed E-state index contributed by atoms with van der Waals surface area (Å²) in [5.74, 6) is -0.571. The molecule has 13 heteroatoms. The molecule has 0 saturated heterocycles. The van der Waals surface area contributed by atoms with Crippen LogP contribution in [0.5, 0.6) is 0 Å². The van der Waals surface area contributed by atoms with Gasteiger partial charge < -0.3 is 14.6 Å². The third-order valence-electron chi connectivity index (χ3n) is 3.63. The van der Waals surface area contributed by atoms with Crippen LogP contribution in [0.2, 0.25) is 1.41 Å². The molecular weight excluding hydrogens is 394 g/mol. The normalized spacial score (nSPS) is 14.7. The lowest BCUT2D eigenvalue weighted by Crippen LogP contribution is -2.30. The summed E-state index contributed by atoms with van der Waals surface area (Å²) in [6, 6.07) is 0. The summed E-state index contributed by atoms with van der Waals surface area (Å²) in [4.78, 5) is 34.6. The number of H-pyrrole nitrogens is 1. The molecular formula is C14H20N6O5P2. The molecule has 0 bridgehead atoms. The van der Waals surface area contributed by atoms with Crippen LogP contribution in [0.15, 0.2) is 11.1 Å². The van der Waals surface area contributed by atoms with Crippen molar-refractivity contribution in [3.05, 3.63) is 16.7 Å². The zero-order chi connectivity index (χ0) is 20.7. The minimum Gasteiger partial charge on any atom is -0.462 e. The fraction of sp³-hybridized carbons (Fsp3) is 0.571. The van der Waals surface area contributed by atoms with E-state index >= 15 is 0 Å². The first-order chi connectivity index (χ1) is 13.4. The number of ether oxygens (including phenoxy) is 2. The number of hydrogen-bond donors (Lipinski definition) is 4. The van der Waals surface area contributed by atoms with E-state index in [1.54, 1.807) is 0 Å². The molecule has 0 spiro atoms. The molecule has 0 aliphatic carbocycles. The predicted molar refractivity (Wildman–Crippen MR) is 98.6 cm³/mol. The number of carbonyl (C=O) groups excluding carboxylic acids is 1. The number of aromatic amines is 1. The van der Waals surface area contributed by atoms with Crippen molar-refractivity contribution in [1.82, 2.24) is 19.5 Å². The van der Waals surface area contributed by atoms with E-state index in [0.717, 1.165) is 0 Å². The highest BCUT2D eigenvalue weighted by molar-refractivity contribution is 7.34. The summed E-state index contributed by atoms with van der Waals surface area (Å²) in [6.45, 7) is 3.00. The van der Waals surface area contributed by atoms with Crippen LogP contribution in [0, 0.1) is 16.2 Å². The second kappa shape index (κ2) is 9.75. The van der Waals surface area contributed by atoms with E-state index in [-0.39, 0.29) is 44.4 Å². The molecule has 1 unspecified atom stereocenters. The predicted octanol–water partition coefficient (Wildman–Crippen LogP) is 1.06. The number of aliphatic hydroxyl groups excluding tert-OH is 1. The molecule has 0 aliphatic rings. The van der Waals surface area contributed by atoms with Gasteiger partial charge in [0.05, 0.1) is 21.3 Å². The smallest absolute Gasteiger partial charge is 0.319 e. The summed E-state index contributed by atoms with van der Waals surface area (Å²) in [5, 5.41) is 20.0. The van der Waals surface area contributed by atoms with Crippen LogP contribution in [0.4, 0.5) is 0 Å². The van der Waals surface area contributed by atoms with Crippen LogP contribution in [-0.2, 0) is 21.0 Å². The average Bonchev–Trinajstić information content (AvgIpc) is 3.09. The minimum atomic E-state index is -0.797. The van der Waals surface area contributed by atoms with Crippen molar-refractivity contribution in [2.24, 2.45) is 5.92 Å². The Balaban J connectivity index is 2.01. The third-order valence-corrected chi connectivity index (χ3v) is 5.11. The van der Waals surface area contributed by atoms with Gasteiger partial charge in [-0.3, -0.25) is 29.5 Å². The highest BCUT2D eigenvalue weighted by Gasteiger charge is 2.23. The highest BCUT2D eigenvalue weighted by Crippen LogP contribution is 2.19. The van der Waals surface area contributed by atoms with Gasteiger partial charge in [-0.05, 0) is 5.92 Å². The third kappa shape index (κ3) is 5.23. The molecule has 11 nitrogen and oxygen atoms in total. The van der Waals surface area contributed by atoms with Crippen molar-refractivity contribution in [1.29, 1.82) is 10.3 Å². The number of imidazole rings is 1. The highest BCUT2D eigenvalue weighted by atomic mass is 31.1. The van der Waals surface area contributed by atoms with Gasteiger partial charge in [-0.25, -0.2) is 9.97 Å². The van der Waals surface area contributed by atoms with Crippen molar-refractivity contribution >= 4 is 39.4 Å². The Morgan fingerprint density at radius 1 is 1.56 bits per heavy atom. The van der Waals surface area contributed by atoms with Gasteiger partial charge in [0, 0.05) is 8.37 Å². The number of aliphatic hydroxyl groups is 1. The molecule has 0 radical (unpaired) electrons. The van der Waals surface area contributed by atoms with Crippen molar-refractivity contribution in [3.63, 3.8) is 0 Å². The quantitative estimate of drug-likeness (QED) is 0.332. The van der Waals surface area contributed by atoms with Gasteiger partial charge in [0.1, 0.15) is 25.1 Å². The standard InChI is InChI=1S/C14H20N6O5P2/c1-7(2)10(26-15)13(23)24-4-8(3-21)25-6-20-5-17-9-11(20)18-14(27-16)19-12(9)22/h5,7-8,10,15-16,21H,3-4,6H2,1-2H3,(H,18,19,22)/t8?,10-/m0/s1/i/hD. The first kappa shape index (κ1) is 19.7. The lowest BCUT2D eigenvalue weighted by molar-refractivity contribution is -0.150. The molecule has 4 N–H and O–H groups in total. The fourth-order valence-corrected chi connectivity index (χ4v) is 2.88. The van der Waals surface area contributed by atoms with E-state index in [2.05, 4.69) is 20.1 Å². The minimum absolute atomic E-state index is 0.0521. The first-order valence-corrected chi connectivity index (χ1v) is 9.78. The van der Waals surface area contributed by atoms with Crippen molar-refractivity contribution in [2.45, 2.75) is 32.3 Å². The summed E-state index contributed by atoms with van der Waals surface area (Å²) in [6.07, 6.45) is 0.566. The molecule has 2 aromatic rings.